The van der Waals surface area contributed by atoms with Gasteiger partial charge in [0.2, 0.25) is 0 Å². The molecule has 1 aromatic heterocycles. The lowest BCUT2D eigenvalue weighted by molar-refractivity contribution is 0.628. The number of likely N-dealkylation sites (N-methyl/N-ethyl adjacent to an activating group) is 1. The Kier molecular flexibility index (Phi) is 2.02. The second kappa shape index (κ2) is 3.03. The molecule has 0 spiro atoms. The predicted octanol–water partition coefficient (Wildman–Crippen LogP) is 0.686. The van der Waals surface area contributed by atoms with Gasteiger partial charge in [-0.15, -0.1) is 0 Å². The number of aromatic nitrogens is 1. The average molecular weight is 184 g/mol. The van der Waals surface area contributed by atoms with Crippen LogP contribution in [0.1, 0.15) is 22.9 Å². The molecule has 3 nitrogen and oxygen atoms in total. The van der Waals surface area contributed by atoms with Crippen molar-refractivity contribution >= 4 is 11.3 Å². The summed E-state index contributed by atoms with van der Waals surface area (Å²) in [5, 5.41) is 3.15. The number of nitrogens with one attached hydrogen (secondary N) is 2. The summed E-state index contributed by atoms with van der Waals surface area (Å²) in [6, 6.07) is 0. The van der Waals surface area contributed by atoms with Crippen LogP contribution in [0.4, 0.5) is 0 Å². The molecule has 2 N–H and O–H groups in total. The summed E-state index contributed by atoms with van der Waals surface area (Å²) >= 11 is 1.37. The third-order valence-electron chi connectivity index (χ3n) is 2.32. The SMILES string of the molecule is CNCC1CCc2[nH]c(=O)sc21. The monoisotopic (exact) mass is 184 g/mol. The van der Waals surface area contributed by atoms with Gasteiger partial charge in [0.25, 0.3) is 0 Å². The Bertz CT molecular complexity index is 328. The molecule has 0 fully saturated rings. The second-order valence-corrected chi connectivity index (χ2v) is 4.17. The van der Waals surface area contributed by atoms with Crippen molar-refractivity contribution in [1.82, 2.24) is 10.3 Å². The smallest absolute Gasteiger partial charge is 0.304 e. The van der Waals surface area contributed by atoms with Crippen LogP contribution in [0.3, 0.4) is 0 Å². The van der Waals surface area contributed by atoms with E-state index in [2.05, 4.69) is 10.3 Å². The van der Waals surface area contributed by atoms with E-state index in [1.807, 2.05) is 7.05 Å². The average Bonchev–Trinajstić information content (AvgIpc) is 2.52. The van der Waals surface area contributed by atoms with Crippen molar-refractivity contribution in [3.8, 4) is 0 Å². The van der Waals surface area contributed by atoms with Crippen LogP contribution in [0.5, 0.6) is 0 Å². The Hall–Kier alpha value is -0.610. The fourth-order valence-corrected chi connectivity index (χ4v) is 2.80. The summed E-state index contributed by atoms with van der Waals surface area (Å²) in [5.41, 5.74) is 1.17. The highest BCUT2D eigenvalue weighted by molar-refractivity contribution is 7.09. The van der Waals surface area contributed by atoms with Gasteiger partial charge in [-0.05, 0) is 19.9 Å². The zero-order valence-corrected chi connectivity index (χ0v) is 7.83. The molecular weight excluding hydrogens is 172 g/mol. The molecule has 0 aromatic carbocycles. The lowest BCUT2D eigenvalue weighted by Crippen LogP contribution is -2.14. The quantitative estimate of drug-likeness (QED) is 0.710. The van der Waals surface area contributed by atoms with Crippen LogP contribution in [-0.4, -0.2) is 18.6 Å². The van der Waals surface area contributed by atoms with E-state index in [9.17, 15) is 4.79 Å². The molecule has 0 bridgehead atoms. The number of H-pyrrole nitrogens is 1. The Morgan fingerprint density at radius 1 is 1.75 bits per heavy atom. The second-order valence-electron chi connectivity index (χ2n) is 3.15. The fraction of sp³-hybridized carbons (Fsp3) is 0.625. The number of hydrogen-bond donors (Lipinski definition) is 2. The largest absolute Gasteiger partial charge is 0.319 e. The predicted molar refractivity (Wildman–Crippen MR) is 49.9 cm³/mol. The van der Waals surface area contributed by atoms with E-state index in [4.69, 9.17) is 0 Å². The molecule has 0 saturated carbocycles. The molecule has 0 amide bonds. The first-order valence-electron chi connectivity index (χ1n) is 4.17. The van der Waals surface area contributed by atoms with Crippen molar-refractivity contribution in [3.63, 3.8) is 0 Å². The van der Waals surface area contributed by atoms with Crippen molar-refractivity contribution in [3.05, 3.63) is 20.2 Å². The summed E-state index contributed by atoms with van der Waals surface area (Å²) in [5.74, 6) is 0.564. The standard InChI is InChI=1S/C8H12N2OS/c1-9-4-5-2-3-6-7(5)12-8(11)10-6/h5,9H,2-4H2,1H3,(H,10,11). The first-order chi connectivity index (χ1) is 5.81. The maximum absolute atomic E-state index is 11.0. The molecule has 0 saturated heterocycles. The summed E-state index contributed by atoms with van der Waals surface area (Å²) < 4.78 is 0. The van der Waals surface area contributed by atoms with Crippen molar-refractivity contribution in [2.45, 2.75) is 18.8 Å². The van der Waals surface area contributed by atoms with E-state index in [0.29, 0.717) is 5.92 Å². The zero-order valence-electron chi connectivity index (χ0n) is 7.02. The van der Waals surface area contributed by atoms with E-state index in [1.165, 1.54) is 28.3 Å². The Morgan fingerprint density at radius 3 is 3.33 bits per heavy atom. The zero-order chi connectivity index (χ0) is 8.55. The Labute approximate surface area is 74.8 Å². The van der Waals surface area contributed by atoms with Gasteiger partial charge in [-0.3, -0.25) is 4.79 Å². The molecule has 12 heavy (non-hydrogen) atoms. The number of thiazole rings is 1. The van der Waals surface area contributed by atoms with E-state index in [-0.39, 0.29) is 4.87 Å². The Balaban J connectivity index is 2.28. The minimum atomic E-state index is 0.0980. The number of aryl methyl sites for hydroxylation is 1. The lowest BCUT2D eigenvalue weighted by atomic mass is 10.1. The maximum Gasteiger partial charge on any atom is 0.304 e. The first kappa shape index (κ1) is 8.01. The van der Waals surface area contributed by atoms with E-state index >= 15 is 0 Å². The third kappa shape index (κ3) is 1.21. The van der Waals surface area contributed by atoms with E-state index < -0.39 is 0 Å². The Morgan fingerprint density at radius 2 is 2.58 bits per heavy atom. The normalized spacial score (nSPS) is 21.2. The van der Waals surface area contributed by atoms with Gasteiger partial charge in [-0.25, -0.2) is 0 Å². The lowest BCUT2D eigenvalue weighted by Gasteiger charge is -2.06. The molecular formula is C8H12N2OS. The van der Waals surface area contributed by atoms with E-state index in [0.717, 1.165) is 13.0 Å². The highest BCUT2D eigenvalue weighted by Crippen LogP contribution is 2.32. The molecule has 1 aromatic rings. The van der Waals surface area contributed by atoms with Gasteiger partial charge in [0.15, 0.2) is 0 Å². The highest BCUT2D eigenvalue weighted by atomic mass is 32.1. The van der Waals surface area contributed by atoms with Crippen molar-refractivity contribution in [1.29, 1.82) is 0 Å². The molecule has 1 heterocycles. The minimum Gasteiger partial charge on any atom is -0.319 e. The van der Waals surface area contributed by atoms with Crippen molar-refractivity contribution < 1.29 is 0 Å². The summed E-state index contributed by atoms with van der Waals surface area (Å²) in [6.07, 6.45) is 2.22. The molecule has 2 rings (SSSR count). The van der Waals surface area contributed by atoms with Gasteiger partial charge in [0.1, 0.15) is 0 Å². The molecule has 1 unspecified atom stereocenters. The minimum absolute atomic E-state index is 0.0980. The number of fused-ring (bicyclic) bond motifs is 1. The third-order valence-corrected chi connectivity index (χ3v) is 3.40. The van der Waals surface area contributed by atoms with Crippen LogP contribution >= 0.6 is 11.3 Å². The van der Waals surface area contributed by atoms with Crippen LogP contribution in [0.2, 0.25) is 0 Å². The summed E-state index contributed by atoms with van der Waals surface area (Å²) in [4.78, 5) is 15.2. The molecule has 1 atom stereocenters. The first-order valence-corrected chi connectivity index (χ1v) is 4.99. The van der Waals surface area contributed by atoms with Crippen LogP contribution in [0.25, 0.3) is 0 Å². The van der Waals surface area contributed by atoms with Gasteiger partial charge in [0, 0.05) is 23.0 Å². The molecule has 1 aliphatic rings. The summed E-state index contributed by atoms with van der Waals surface area (Å²) in [7, 11) is 1.95. The van der Waals surface area contributed by atoms with Gasteiger partial charge >= 0.3 is 4.87 Å². The van der Waals surface area contributed by atoms with Gasteiger partial charge in [-0.2, -0.15) is 0 Å². The van der Waals surface area contributed by atoms with Gasteiger partial charge < -0.3 is 10.3 Å². The number of rotatable bonds is 2. The van der Waals surface area contributed by atoms with Gasteiger partial charge in [0.05, 0.1) is 0 Å². The molecule has 1 aliphatic carbocycles. The maximum atomic E-state index is 11.0. The van der Waals surface area contributed by atoms with Crippen LogP contribution in [0.15, 0.2) is 4.79 Å². The molecule has 0 aliphatic heterocycles. The summed E-state index contributed by atoms with van der Waals surface area (Å²) in [6.45, 7) is 0.987. The molecule has 66 valence electrons. The van der Waals surface area contributed by atoms with Crippen LogP contribution in [-0.2, 0) is 6.42 Å². The van der Waals surface area contributed by atoms with Gasteiger partial charge in [-0.1, -0.05) is 11.3 Å². The van der Waals surface area contributed by atoms with Crippen molar-refractivity contribution in [2.24, 2.45) is 0 Å². The van der Waals surface area contributed by atoms with Crippen molar-refractivity contribution in [2.75, 3.05) is 13.6 Å². The van der Waals surface area contributed by atoms with Crippen LogP contribution < -0.4 is 10.2 Å². The topological polar surface area (TPSA) is 44.9 Å². The number of hydrogen-bond acceptors (Lipinski definition) is 3. The highest BCUT2D eigenvalue weighted by Gasteiger charge is 2.24. The fourth-order valence-electron chi connectivity index (χ4n) is 1.78. The van der Waals surface area contributed by atoms with Crippen LogP contribution in [0, 0.1) is 0 Å². The van der Waals surface area contributed by atoms with E-state index in [1.54, 1.807) is 0 Å². The molecule has 0 radical (unpaired) electrons. The molecule has 4 heteroatoms. The number of aromatic amines is 1.